The molecule has 0 aromatic heterocycles. The predicted molar refractivity (Wildman–Crippen MR) is 226 cm³/mol. The van der Waals surface area contributed by atoms with Crippen molar-refractivity contribution in [1.29, 1.82) is 0 Å². The molecule has 4 N–H and O–H groups in total. The van der Waals surface area contributed by atoms with Crippen LogP contribution < -0.4 is 5.32 Å². The van der Waals surface area contributed by atoms with Gasteiger partial charge in [-0.15, -0.1) is 0 Å². The maximum Gasteiger partial charge on any atom is 0.472 e. The topological polar surface area (TPSA) is 169 Å². The number of allylic oxidation sites excluding steroid dienone is 14. The zero-order valence-electron chi connectivity index (χ0n) is 34.1. The number of ether oxygens (including phenoxy) is 1. The molecule has 0 saturated heterocycles. The van der Waals surface area contributed by atoms with Gasteiger partial charge in [0.1, 0.15) is 12.7 Å². The van der Waals surface area contributed by atoms with Gasteiger partial charge < -0.3 is 25.2 Å². The van der Waals surface area contributed by atoms with Crippen LogP contribution in [-0.4, -0.2) is 64.9 Å². The third kappa shape index (κ3) is 37.6. The number of hydrogen-bond acceptors (Lipinski definition) is 8. The first-order chi connectivity index (χ1) is 27.1. The summed E-state index contributed by atoms with van der Waals surface area (Å²) in [6, 6.07) is -1.56. The molecule has 0 aliphatic heterocycles. The number of amides is 1. The van der Waals surface area contributed by atoms with Crippen LogP contribution in [0.15, 0.2) is 85.1 Å². The monoisotopic (exact) mass is 805 g/mol. The van der Waals surface area contributed by atoms with Crippen LogP contribution in [0.1, 0.15) is 142 Å². The molecule has 0 rings (SSSR count). The number of aliphatic hydroxyl groups is 1. The van der Waals surface area contributed by atoms with Crippen molar-refractivity contribution in [3.8, 4) is 0 Å². The SMILES string of the molecule is CC/C=C\C/C=C\C/C=C\C/C=C\CCCCC(=O)OCC(O)COP(=O)(O)OCC(NC(=O)CCCCCCCCC/C=C\C/C=C\C/C=C\CC)C(=O)O. The fourth-order valence-electron chi connectivity index (χ4n) is 5.02. The number of carboxylic acid groups (broad SMARTS) is 1. The smallest absolute Gasteiger partial charge is 0.472 e. The van der Waals surface area contributed by atoms with Crippen LogP contribution in [0.4, 0.5) is 0 Å². The Kier molecular flexibility index (Phi) is 36.2. The molecular weight excluding hydrogens is 733 g/mol. The molecule has 0 bridgehead atoms. The second-order valence-corrected chi connectivity index (χ2v) is 14.9. The number of carbonyl (C=O) groups is 3. The van der Waals surface area contributed by atoms with Crippen molar-refractivity contribution >= 4 is 25.7 Å². The molecule has 0 spiro atoms. The van der Waals surface area contributed by atoms with Gasteiger partial charge >= 0.3 is 19.8 Å². The average Bonchev–Trinajstić information content (AvgIpc) is 3.17. The lowest BCUT2D eigenvalue weighted by Gasteiger charge is -2.18. The molecule has 0 heterocycles. The molecule has 0 aromatic carbocycles. The van der Waals surface area contributed by atoms with Gasteiger partial charge in [0.05, 0.1) is 13.2 Å². The van der Waals surface area contributed by atoms with E-state index in [0.717, 1.165) is 103 Å². The minimum absolute atomic E-state index is 0.126. The van der Waals surface area contributed by atoms with Gasteiger partial charge in [-0.05, 0) is 83.5 Å². The van der Waals surface area contributed by atoms with E-state index >= 15 is 0 Å². The molecule has 318 valence electrons. The molecule has 3 unspecified atom stereocenters. The van der Waals surface area contributed by atoms with Gasteiger partial charge in [0.25, 0.3) is 0 Å². The molecule has 0 aliphatic carbocycles. The number of esters is 1. The lowest BCUT2D eigenvalue weighted by atomic mass is 10.1. The Morgan fingerprint density at radius 1 is 0.571 bits per heavy atom. The van der Waals surface area contributed by atoms with Crippen LogP contribution in [0, 0.1) is 0 Å². The minimum atomic E-state index is -4.77. The molecular formula is C44H72NO10P. The zero-order chi connectivity index (χ0) is 41.4. The second-order valence-electron chi connectivity index (χ2n) is 13.4. The van der Waals surface area contributed by atoms with Gasteiger partial charge in [-0.25, -0.2) is 9.36 Å². The van der Waals surface area contributed by atoms with E-state index in [0.29, 0.717) is 12.8 Å². The molecule has 1 amide bonds. The van der Waals surface area contributed by atoms with Crippen molar-refractivity contribution < 1.29 is 47.8 Å². The van der Waals surface area contributed by atoms with Gasteiger partial charge in [0, 0.05) is 12.8 Å². The normalized spacial score (nSPS) is 14.6. The summed E-state index contributed by atoms with van der Waals surface area (Å²) in [5.74, 6) is -2.45. The first-order valence-corrected chi connectivity index (χ1v) is 22.1. The van der Waals surface area contributed by atoms with E-state index in [1.807, 2.05) is 0 Å². The quantitative estimate of drug-likeness (QED) is 0.0205. The van der Waals surface area contributed by atoms with Crippen molar-refractivity contribution in [1.82, 2.24) is 5.32 Å². The fourth-order valence-corrected chi connectivity index (χ4v) is 5.80. The van der Waals surface area contributed by atoms with E-state index in [9.17, 15) is 34.1 Å². The summed E-state index contributed by atoms with van der Waals surface area (Å²) in [6.45, 7) is 2.29. The number of phosphoric acid groups is 1. The van der Waals surface area contributed by atoms with Gasteiger partial charge in [0.2, 0.25) is 5.91 Å². The van der Waals surface area contributed by atoms with E-state index < -0.39 is 57.6 Å². The van der Waals surface area contributed by atoms with Crippen LogP contribution in [0.25, 0.3) is 0 Å². The first-order valence-electron chi connectivity index (χ1n) is 20.6. The number of rotatable bonds is 37. The highest BCUT2D eigenvalue weighted by Gasteiger charge is 2.28. The first kappa shape index (κ1) is 52.7. The van der Waals surface area contributed by atoms with Crippen LogP contribution in [0.3, 0.4) is 0 Å². The molecule has 0 aliphatic rings. The van der Waals surface area contributed by atoms with Crippen molar-refractivity contribution in [3.63, 3.8) is 0 Å². The molecule has 12 heteroatoms. The van der Waals surface area contributed by atoms with Gasteiger partial charge in [-0.3, -0.25) is 18.6 Å². The number of aliphatic hydroxyl groups excluding tert-OH is 1. The van der Waals surface area contributed by atoms with Gasteiger partial charge in [-0.2, -0.15) is 0 Å². The second kappa shape index (κ2) is 38.5. The maximum atomic E-state index is 12.3. The third-order valence-corrected chi connectivity index (χ3v) is 9.13. The van der Waals surface area contributed by atoms with E-state index in [4.69, 9.17) is 13.8 Å². The van der Waals surface area contributed by atoms with E-state index in [-0.39, 0.29) is 12.8 Å². The molecule has 0 fully saturated rings. The number of hydrogen-bond donors (Lipinski definition) is 4. The molecule has 0 radical (unpaired) electrons. The van der Waals surface area contributed by atoms with Gasteiger partial charge in [0.15, 0.2) is 6.04 Å². The summed E-state index contributed by atoms with van der Waals surface area (Å²) in [7, 11) is -4.77. The Morgan fingerprint density at radius 3 is 1.48 bits per heavy atom. The Hall–Kier alpha value is -3.34. The predicted octanol–water partition coefficient (Wildman–Crippen LogP) is 10.3. The summed E-state index contributed by atoms with van der Waals surface area (Å²) in [6.07, 6.45) is 46.1. The van der Waals surface area contributed by atoms with Crippen LogP contribution in [0.2, 0.25) is 0 Å². The summed E-state index contributed by atoms with van der Waals surface area (Å²) in [5, 5.41) is 21.8. The molecule has 3 atom stereocenters. The lowest BCUT2D eigenvalue weighted by Crippen LogP contribution is -2.43. The molecule has 0 saturated carbocycles. The van der Waals surface area contributed by atoms with Crippen LogP contribution >= 0.6 is 7.82 Å². The van der Waals surface area contributed by atoms with Crippen molar-refractivity contribution in [2.24, 2.45) is 0 Å². The lowest BCUT2D eigenvalue weighted by molar-refractivity contribution is -0.147. The minimum Gasteiger partial charge on any atom is -0.480 e. The molecule has 56 heavy (non-hydrogen) atoms. The zero-order valence-corrected chi connectivity index (χ0v) is 35.0. The van der Waals surface area contributed by atoms with E-state index in [2.05, 4.69) is 104 Å². The number of carboxylic acids is 1. The Labute approximate surface area is 337 Å². The van der Waals surface area contributed by atoms with Crippen LogP contribution in [0.5, 0.6) is 0 Å². The van der Waals surface area contributed by atoms with Crippen molar-refractivity contribution in [2.45, 2.75) is 154 Å². The summed E-state index contributed by atoms with van der Waals surface area (Å²) < 4.78 is 26.7. The van der Waals surface area contributed by atoms with E-state index in [1.54, 1.807) is 0 Å². The highest BCUT2D eigenvalue weighted by molar-refractivity contribution is 7.47. The summed E-state index contributed by atoms with van der Waals surface area (Å²) in [5.41, 5.74) is 0. The highest BCUT2D eigenvalue weighted by atomic mass is 31.2. The summed E-state index contributed by atoms with van der Waals surface area (Å²) >= 11 is 0. The van der Waals surface area contributed by atoms with Gasteiger partial charge in [-0.1, -0.05) is 131 Å². The maximum absolute atomic E-state index is 12.3. The van der Waals surface area contributed by atoms with Crippen molar-refractivity contribution in [2.75, 3.05) is 19.8 Å². The Bertz CT molecular complexity index is 1270. The van der Waals surface area contributed by atoms with E-state index in [1.165, 1.54) is 0 Å². The third-order valence-electron chi connectivity index (χ3n) is 8.18. The number of nitrogens with one attached hydrogen (secondary N) is 1. The highest BCUT2D eigenvalue weighted by Crippen LogP contribution is 2.43. The number of phosphoric ester groups is 1. The fraction of sp³-hybridized carbons (Fsp3) is 0.614. The molecule has 11 nitrogen and oxygen atoms in total. The number of carbonyl (C=O) groups excluding carboxylic acids is 2. The molecule has 0 aromatic rings. The largest absolute Gasteiger partial charge is 0.480 e. The number of aliphatic carboxylic acids is 1. The Balaban J connectivity index is 4.01. The van der Waals surface area contributed by atoms with Crippen molar-refractivity contribution in [3.05, 3.63) is 85.1 Å². The number of unbranched alkanes of at least 4 members (excludes halogenated alkanes) is 9. The Morgan fingerprint density at radius 2 is 0.982 bits per heavy atom. The van der Waals surface area contributed by atoms with Crippen LogP contribution in [-0.2, 0) is 32.7 Å². The summed E-state index contributed by atoms with van der Waals surface area (Å²) in [4.78, 5) is 45.8. The average molecular weight is 806 g/mol. The standard InChI is InChI=1S/C44H72NO10P/c1-3-5-7-9-11-13-15-17-19-20-22-23-25-27-29-31-33-35-42(47)45-41(44(49)50)39-55-56(51,52)54-38-40(46)37-53-43(48)36-34-32-30-28-26-24-21-18-16-14-12-10-8-6-4-2/h5-8,11-14,17-19,21,26,28,40-41,46H,3-4,9-10,15-16,20,22-25,27,29-39H2,1-2H3,(H,45,47)(H,49,50)(H,51,52)/b7-5-,8-6-,13-11-,14-12-,19-17-,21-18-,28-26-.